The van der Waals surface area contributed by atoms with E-state index in [0.717, 1.165) is 26.1 Å². The van der Waals surface area contributed by atoms with Gasteiger partial charge in [0.15, 0.2) is 0 Å². The van der Waals surface area contributed by atoms with Gasteiger partial charge in [-0.05, 0) is 50.1 Å². The Bertz CT molecular complexity index is 1050. The minimum atomic E-state index is -1.02. The number of nitrogens with one attached hydrogen (secondary N) is 1. The van der Waals surface area contributed by atoms with Crippen molar-refractivity contribution in [1.82, 2.24) is 14.8 Å². The second-order valence-electron chi connectivity index (χ2n) is 7.98. The molecule has 0 fully saturated rings. The Kier molecular flexibility index (Phi) is 6.81. The van der Waals surface area contributed by atoms with Crippen molar-refractivity contribution in [2.24, 2.45) is 5.92 Å². The summed E-state index contributed by atoms with van der Waals surface area (Å²) in [6.07, 6.45) is 6.61. The first kappa shape index (κ1) is 22.6. The largest absolute Gasteiger partial charge is 0.478 e. The van der Waals surface area contributed by atoms with Gasteiger partial charge < -0.3 is 15.0 Å². The zero-order valence-electron chi connectivity index (χ0n) is 18.5. The predicted octanol–water partition coefficient (Wildman–Crippen LogP) is 3.72. The molecule has 164 valence electrons. The summed E-state index contributed by atoms with van der Waals surface area (Å²) in [6.45, 7) is 12.8. The quantitative estimate of drug-likeness (QED) is 0.570. The molecule has 6 nitrogen and oxygen atoms in total. The van der Waals surface area contributed by atoms with Gasteiger partial charge in [-0.25, -0.2) is 4.79 Å². The van der Waals surface area contributed by atoms with Crippen molar-refractivity contribution >= 4 is 28.4 Å². The number of fused-ring (bicyclic) bond motifs is 2. The Balaban J connectivity index is 0.000000339. The highest BCUT2D eigenvalue weighted by molar-refractivity contribution is 5.99. The number of carboxylic acid groups (broad SMARTS) is 1. The maximum Gasteiger partial charge on any atom is 0.335 e. The van der Waals surface area contributed by atoms with E-state index >= 15 is 0 Å². The molecule has 0 bridgehead atoms. The Morgan fingerprint density at radius 2 is 2.03 bits per heavy atom. The highest BCUT2D eigenvalue weighted by Crippen LogP contribution is 2.40. The summed E-state index contributed by atoms with van der Waals surface area (Å²) in [4.78, 5) is 30.3. The number of carbonyl (C=O) groups excluding carboxylic acids is 1. The van der Waals surface area contributed by atoms with Crippen molar-refractivity contribution in [3.63, 3.8) is 0 Å². The lowest BCUT2D eigenvalue weighted by molar-refractivity contribution is -0.134. The zero-order chi connectivity index (χ0) is 22.7. The van der Waals surface area contributed by atoms with Crippen molar-refractivity contribution < 1.29 is 14.7 Å². The highest BCUT2D eigenvalue weighted by atomic mass is 16.4. The molecule has 2 heterocycles. The first-order chi connectivity index (χ1) is 14.8. The van der Waals surface area contributed by atoms with E-state index in [1.165, 1.54) is 33.7 Å². The molecular formula is C25H31N3O3. The Labute approximate surface area is 183 Å². The fourth-order valence-corrected chi connectivity index (χ4v) is 4.46. The molecule has 0 saturated heterocycles. The summed E-state index contributed by atoms with van der Waals surface area (Å²) < 4.78 is 0. The van der Waals surface area contributed by atoms with Crippen LogP contribution in [0.15, 0.2) is 55.3 Å². The van der Waals surface area contributed by atoms with E-state index in [0.29, 0.717) is 6.04 Å². The number of likely N-dealkylation sites (N-methyl/N-ethyl adjacent to an activating group) is 1. The number of H-pyrrole nitrogens is 1. The molecular weight excluding hydrogens is 390 g/mol. The SMILES string of the molecule is C=CC(=C)C(=O)O.CCN(CC)C(=O)[C@@H]1C=C2c3cccc4[nH]cc(c34)C[C@H]2N(C)C1. The lowest BCUT2D eigenvalue weighted by atomic mass is 9.79. The van der Waals surface area contributed by atoms with E-state index in [1.54, 1.807) is 0 Å². The molecule has 31 heavy (non-hydrogen) atoms. The summed E-state index contributed by atoms with van der Waals surface area (Å²) in [7, 11) is 2.15. The molecule has 6 heteroatoms. The number of amides is 1. The lowest BCUT2D eigenvalue weighted by Crippen LogP contribution is -2.47. The van der Waals surface area contributed by atoms with E-state index < -0.39 is 5.97 Å². The van der Waals surface area contributed by atoms with Crippen molar-refractivity contribution in [2.45, 2.75) is 26.3 Å². The van der Waals surface area contributed by atoms with Gasteiger partial charge in [-0.3, -0.25) is 9.69 Å². The van der Waals surface area contributed by atoms with Gasteiger partial charge in [-0.2, -0.15) is 0 Å². The Morgan fingerprint density at radius 3 is 2.61 bits per heavy atom. The summed E-state index contributed by atoms with van der Waals surface area (Å²) >= 11 is 0. The maximum absolute atomic E-state index is 12.9. The normalized spacial score (nSPS) is 19.5. The molecule has 2 atom stereocenters. The molecule has 1 aromatic heterocycles. The average molecular weight is 422 g/mol. The minimum absolute atomic E-state index is 0.0278. The van der Waals surface area contributed by atoms with Crippen LogP contribution in [0.25, 0.3) is 16.5 Å². The number of benzene rings is 1. The molecule has 1 aromatic carbocycles. The third-order valence-corrected chi connectivity index (χ3v) is 6.18. The van der Waals surface area contributed by atoms with Crippen LogP contribution in [0.3, 0.4) is 0 Å². The molecule has 2 N–H and O–H groups in total. The summed E-state index contributed by atoms with van der Waals surface area (Å²) in [6, 6.07) is 6.82. The third kappa shape index (κ3) is 4.35. The molecule has 2 aromatic rings. The Hall–Kier alpha value is -3.12. The number of hydrogen-bond donors (Lipinski definition) is 2. The molecule has 2 aliphatic rings. The van der Waals surface area contributed by atoms with Gasteiger partial charge in [0.25, 0.3) is 0 Å². The highest BCUT2D eigenvalue weighted by Gasteiger charge is 2.36. The van der Waals surface area contributed by atoms with Gasteiger partial charge in [0, 0.05) is 42.8 Å². The van der Waals surface area contributed by atoms with E-state index in [-0.39, 0.29) is 17.4 Å². The topological polar surface area (TPSA) is 76.6 Å². The monoisotopic (exact) mass is 421 g/mol. The van der Waals surface area contributed by atoms with Crippen molar-refractivity contribution in [2.75, 3.05) is 26.7 Å². The van der Waals surface area contributed by atoms with Gasteiger partial charge >= 0.3 is 5.97 Å². The summed E-state index contributed by atoms with van der Waals surface area (Å²) in [5, 5.41) is 9.35. The molecule has 0 unspecified atom stereocenters. The van der Waals surface area contributed by atoms with E-state index in [2.05, 4.69) is 74.4 Å². The minimum Gasteiger partial charge on any atom is -0.478 e. The van der Waals surface area contributed by atoms with Crippen LogP contribution in [-0.4, -0.2) is 64.5 Å². The Morgan fingerprint density at radius 1 is 1.32 bits per heavy atom. The van der Waals surface area contributed by atoms with Crippen LogP contribution in [-0.2, 0) is 16.0 Å². The number of hydrogen-bond acceptors (Lipinski definition) is 3. The zero-order valence-corrected chi connectivity index (χ0v) is 18.5. The number of rotatable bonds is 5. The molecule has 0 saturated carbocycles. The van der Waals surface area contributed by atoms with E-state index in [9.17, 15) is 9.59 Å². The van der Waals surface area contributed by atoms with Crippen LogP contribution in [0, 0.1) is 5.92 Å². The molecule has 1 aliphatic carbocycles. The van der Waals surface area contributed by atoms with Gasteiger partial charge in [-0.15, -0.1) is 0 Å². The van der Waals surface area contributed by atoms with Gasteiger partial charge in [-0.1, -0.05) is 37.4 Å². The van der Waals surface area contributed by atoms with Crippen LogP contribution in [0.4, 0.5) is 0 Å². The predicted molar refractivity (Wildman–Crippen MR) is 125 cm³/mol. The second kappa shape index (κ2) is 9.35. The standard InChI is InChI=1S/C20H25N3O.C5H6O2/c1-4-23(5-2)20(24)14-9-16-15-7-6-8-17-19(15)13(11-21-17)10-18(16)22(3)12-14;1-3-4(2)5(6)7/h6-9,11,14,18,21H,4-5,10,12H2,1-3H3;3H,1-2H2,(H,6,7)/t14-,18-;/m1./s1. The summed E-state index contributed by atoms with van der Waals surface area (Å²) in [5.41, 5.74) is 5.24. The molecule has 1 aliphatic heterocycles. The molecule has 1 amide bonds. The van der Waals surface area contributed by atoms with Crippen LogP contribution < -0.4 is 0 Å². The third-order valence-electron chi connectivity index (χ3n) is 6.18. The number of aromatic amines is 1. The van der Waals surface area contributed by atoms with Crippen LogP contribution in [0.1, 0.15) is 25.0 Å². The maximum atomic E-state index is 12.9. The number of carboxylic acids is 1. The van der Waals surface area contributed by atoms with E-state index in [1.807, 2.05) is 4.90 Å². The smallest absolute Gasteiger partial charge is 0.335 e. The molecule has 4 rings (SSSR count). The second-order valence-corrected chi connectivity index (χ2v) is 7.98. The number of carbonyl (C=O) groups is 2. The van der Waals surface area contributed by atoms with Crippen LogP contribution >= 0.6 is 0 Å². The van der Waals surface area contributed by atoms with Gasteiger partial charge in [0.2, 0.25) is 5.91 Å². The van der Waals surface area contributed by atoms with Gasteiger partial charge in [0.1, 0.15) is 0 Å². The number of aliphatic carboxylic acids is 1. The van der Waals surface area contributed by atoms with Crippen molar-refractivity contribution in [3.8, 4) is 0 Å². The van der Waals surface area contributed by atoms with Gasteiger partial charge in [0.05, 0.1) is 11.5 Å². The lowest BCUT2D eigenvalue weighted by Gasteiger charge is -2.40. The molecule has 0 radical (unpaired) electrons. The van der Waals surface area contributed by atoms with Crippen molar-refractivity contribution in [1.29, 1.82) is 0 Å². The molecule has 0 spiro atoms. The van der Waals surface area contributed by atoms with Crippen LogP contribution in [0.5, 0.6) is 0 Å². The van der Waals surface area contributed by atoms with E-state index in [4.69, 9.17) is 5.11 Å². The summed E-state index contributed by atoms with van der Waals surface area (Å²) in [5.74, 6) is -0.809. The first-order valence-corrected chi connectivity index (χ1v) is 10.7. The number of aromatic nitrogens is 1. The first-order valence-electron chi connectivity index (χ1n) is 10.7. The van der Waals surface area contributed by atoms with Crippen LogP contribution in [0.2, 0.25) is 0 Å². The van der Waals surface area contributed by atoms with Crippen molar-refractivity contribution in [3.05, 3.63) is 66.4 Å². The fraction of sp³-hybridized carbons (Fsp3) is 0.360. The number of nitrogens with zero attached hydrogens (tertiary/aromatic N) is 2. The fourth-order valence-electron chi connectivity index (χ4n) is 4.46. The average Bonchev–Trinajstić information content (AvgIpc) is 3.19.